The predicted octanol–water partition coefficient (Wildman–Crippen LogP) is 5.59. The van der Waals surface area contributed by atoms with Gasteiger partial charge >= 0.3 is 0 Å². The lowest BCUT2D eigenvalue weighted by atomic mass is 10.1. The Morgan fingerprint density at radius 3 is 2.85 bits per heavy atom. The van der Waals surface area contributed by atoms with Crippen molar-refractivity contribution in [2.75, 3.05) is 0 Å². The van der Waals surface area contributed by atoms with E-state index in [2.05, 4.69) is 36.3 Å². The highest BCUT2D eigenvalue weighted by atomic mass is 35.5. The molecule has 2 aromatic heterocycles. The average molecular weight is 306 g/mol. The molecule has 0 aliphatic heterocycles. The van der Waals surface area contributed by atoms with Crippen molar-refractivity contribution >= 4 is 33.8 Å². The maximum absolute atomic E-state index is 6.30. The van der Waals surface area contributed by atoms with Gasteiger partial charge in [-0.15, -0.1) is 0 Å². The molecular formula is C16H16ClNOS. The third kappa shape index (κ3) is 2.69. The van der Waals surface area contributed by atoms with E-state index in [-0.39, 0.29) is 0 Å². The van der Waals surface area contributed by atoms with E-state index in [0.717, 1.165) is 16.7 Å². The molecule has 0 amide bonds. The predicted molar refractivity (Wildman–Crippen MR) is 86.0 cm³/mol. The number of H-pyrrole nitrogens is 1. The molecule has 0 radical (unpaired) electrons. The van der Waals surface area contributed by atoms with Gasteiger partial charge in [0.2, 0.25) is 0 Å². The maximum Gasteiger partial charge on any atom is 0.140 e. The lowest BCUT2D eigenvalue weighted by Gasteiger charge is -2.07. The third-order valence-corrected chi connectivity index (χ3v) is 4.32. The molecule has 20 heavy (non-hydrogen) atoms. The number of aromatic nitrogens is 1. The summed E-state index contributed by atoms with van der Waals surface area (Å²) in [5, 5.41) is 5.91. The molecule has 1 aromatic carbocycles. The van der Waals surface area contributed by atoms with E-state index in [1.165, 1.54) is 11.3 Å². The number of nitrogens with one attached hydrogen (secondary N) is 1. The molecule has 3 rings (SSSR count). The monoisotopic (exact) mass is 305 g/mol. The fourth-order valence-electron chi connectivity index (χ4n) is 2.11. The van der Waals surface area contributed by atoms with Crippen LogP contribution in [0.3, 0.4) is 0 Å². The van der Waals surface area contributed by atoms with Crippen molar-refractivity contribution in [3.05, 3.63) is 51.3 Å². The Kier molecular flexibility index (Phi) is 3.72. The SMILES string of the molecule is CC(C)c1cc2cc(Cl)c(OCc3ccsc3)cc2[nH]1. The van der Waals surface area contributed by atoms with E-state index in [1.54, 1.807) is 11.3 Å². The zero-order valence-electron chi connectivity index (χ0n) is 11.4. The Balaban J connectivity index is 1.88. The van der Waals surface area contributed by atoms with Gasteiger partial charge in [-0.1, -0.05) is 25.4 Å². The minimum Gasteiger partial charge on any atom is -0.487 e. The molecule has 4 heteroatoms. The normalized spacial score (nSPS) is 11.4. The number of fused-ring (bicyclic) bond motifs is 1. The van der Waals surface area contributed by atoms with E-state index < -0.39 is 0 Å². The van der Waals surface area contributed by atoms with Gasteiger partial charge in [-0.05, 0) is 40.4 Å². The highest BCUT2D eigenvalue weighted by Crippen LogP contribution is 2.32. The molecule has 104 valence electrons. The number of ether oxygens (including phenoxy) is 1. The van der Waals surface area contributed by atoms with E-state index in [9.17, 15) is 0 Å². The number of halogens is 1. The fraction of sp³-hybridized carbons (Fsp3) is 0.250. The summed E-state index contributed by atoms with van der Waals surface area (Å²) in [6.45, 7) is 4.88. The van der Waals surface area contributed by atoms with Gasteiger partial charge < -0.3 is 9.72 Å². The summed E-state index contributed by atoms with van der Waals surface area (Å²) in [4.78, 5) is 3.42. The smallest absolute Gasteiger partial charge is 0.140 e. The summed E-state index contributed by atoms with van der Waals surface area (Å²) < 4.78 is 5.81. The van der Waals surface area contributed by atoms with E-state index >= 15 is 0 Å². The molecule has 0 aliphatic carbocycles. The Morgan fingerprint density at radius 1 is 1.30 bits per heavy atom. The van der Waals surface area contributed by atoms with Crippen LogP contribution >= 0.6 is 22.9 Å². The number of hydrogen-bond donors (Lipinski definition) is 1. The summed E-state index contributed by atoms with van der Waals surface area (Å²) in [5.74, 6) is 1.19. The van der Waals surface area contributed by atoms with Crippen LogP contribution in [0, 0.1) is 0 Å². The van der Waals surface area contributed by atoms with Crippen LogP contribution in [0.2, 0.25) is 5.02 Å². The molecule has 0 spiro atoms. The summed E-state index contributed by atoms with van der Waals surface area (Å²) >= 11 is 7.96. The van der Waals surface area contributed by atoms with Crippen LogP contribution in [0.15, 0.2) is 35.0 Å². The number of rotatable bonds is 4. The van der Waals surface area contributed by atoms with Crippen molar-refractivity contribution in [1.82, 2.24) is 4.98 Å². The van der Waals surface area contributed by atoms with Crippen molar-refractivity contribution < 1.29 is 4.74 Å². The van der Waals surface area contributed by atoms with Gasteiger partial charge in [0.1, 0.15) is 12.4 Å². The Hall–Kier alpha value is -1.45. The molecule has 0 atom stereocenters. The highest BCUT2D eigenvalue weighted by Gasteiger charge is 2.09. The first kappa shape index (κ1) is 13.5. The number of benzene rings is 1. The molecule has 0 saturated carbocycles. The fourth-order valence-corrected chi connectivity index (χ4v) is 2.99. The summed E-state index contributed by atoms with van der Waals surface area (Å²) in [5.41, 5.74) is 3.45. The van der Waals surface area contributed by atoms with Gasteiger partial charge in [-0.3, -0.25) is 0 Å². The van der Waals surface area contributed by atoms with Crippen LogP contribution < -0.4 is 4.74 Å². The molecule has 3 aromatic rings. The lowest BCUT2D eigenvalue weighted by Crippen LogP contribution is -1.94. The molecule has 0 aliphatic rings. The van der Waals surface area contributed by atoms with E-state index in [0.29, 0.717) is 17.5 Å². The first-order valence-corrected chi connectivity index (χ1v) is 7.91. The minimum atomic E-state index is 0.469. The zero-order valence-corrected chi connectivity index (χ0v) is 13.0. The van der Waals surface area contributed by atoms with Gasteiger partial charge in [0.05, 0.1) is 5.02 Å². The Labute approximate surface area is 127 Å². The van der Waals surface area contributed by atoms with Crippen LogP contribution in [-0.2, 0) is 6.61 Å². The van der Waals surface area contributed by atoms with Gasteiger partial charge in [0.15, 0.2) is 0 Å². The summed E-state index contributed by atoms with van der Waals surface area (Å²) in [6, 6.07) is 8.15. The maximum atomic E-state index is 6.30. The molecule has 0 bridgehead atoms. The van der Waals surface area contributed by atoms with Crippen LogP contribution in [0.1, 0.15) is 31.0 Å². The first-order valence-electron chi connectivity index (χ1n) is 6.59. The van der Waals surface area contributed by atoms with Gasteiger partial charge in [-0.2, -0.15) is 11.3 Å². The van der Waals surface area contributed by atoms with Crippen molar-refractivity contribution in [2.45, 2.75) is 26.4 Å². The summed E-state index contributed by atoms with van der Waals surface area (Å²) in [7, 11) is 0. The lowest BCUT2D eigenvalue weighted by molar-refractivity contribution is 0.307. The summed E-state index contributed by atoms with van der Waals surface area (Å²) in [6.07, 6.45) is 0. The van der Waals surface area contributed by atoms with Crippen LogP contribution in [-0.4, -0.2) is 4.98 Å². The first-order chi connectivity index (χ1) is 9.63. The number of hydrogen-bond acceptors (Lipinski definition) is 2. The molecule has 0 unspecified atom stereocenters. The van der Waals surface area contributed by atoms with Gasteiger partial charge in [0, 0.05) is 22.7 Å². The molecule has 2 nitrogen and oxygen atoms in total. The Bertz CT molecular complexity index is 715. The van der Waals surface area contributed by atoms with Gasteiger partial charge in [0.25, 0.3) is 0 Å². The van der Waals surface area contributed by atoms with Crippen molar-refractivity contribution in [3.8, 4) is 5.75 Å². The second kappa shape index (κ2) is 5.51. The number of aromatic amines is 1. The molecule has 2 heterocycles. The van der Waals surface area contributed by atoms with E-state index in [1.807, 2.05) is 17.5 Å². The average Bonchev–Trinajstić information content (AvgIpc) is 3.04. The quantitative estimate of drug-likeness (QED) is 0.668. The molecule has 0 fully saturated rings. The van der Waals surface area contributed by atoms with Crippen LogP contribution in [0.25, 0.3) is 10.9 Å². The third-order valence-electron chi connectivity index (χ3n) is 3.29. The van der Waals surface area contributed by atoms with Crippen molar-refractivity contribution in [1.29, 1.82) is 0 Å². The topological polar surface area (TPSA) is 25.0 Å². The largest absolute Gasteiger partial charge is 0.487 e. The molecular weight excluding hydrogens is 290 g/mol. The highest BCUT2D eigenvalue weighted by molar-refractivity contribution is 7.07. The van der Waals surface area contributed by atoms with E-state index in [4.69, 9.17) is 16.3 Å². The number of thiophene rings is 1. The van der Waals surface area contributed by atoms with Crippen molar-refractivity contribution in [2.24, 2.45) is 0 Å². The second-order valence-corrected chi connectivity index (χ2v) is 6.36. The second-order valence-electron chi connectivity index (χ2n) is 5.17. The van der Waals surface area contributed by atoms with Crippen LogP contribution in [0.5, 0.6) is 5.75 Å². The molecule has 1 N–H and O–H groups in total. The molecule has 0 saturated heterocycles. The Morgan fingerprint density at radius 2 is 2.15 bits per heavy atom. The van der Waals surface area contributed by atoms with Gasteiger partial charge in [-0.25, -0.2) is 0 Å². The van der Waals surface area contributed by atoms with Crippen LogP contribution in [0.4, 0.5) is 0 Å². The zero-order chi connectivity index (χ0) is 14.1. The van der Waals surface area contributed by atoms with Crippen molar-refractivity contribution in [3.63, 3.8) is 0 Å². The minimum absolute atomic E-state index is 0.469. The standard InChI is InChI=1S/C16H16ClNOS/c1-10(2)14-6-12-5-13(17)16(7-15(12)18-14)19-8-11-3-4-20-9-11/h3-7,9-10,18H,8H2,1-2H3.